The summed E-state index contributed by atoms with van der Waals surface area (Å²) in [6.45, 7) is 1.98. The molecule has 1 N–H and O–H groups in total. The highest BCUT2D eigenvalue weighted by molar-refractivity contribution is 5.95. The van der Waals surface area contributed by atoms with Crippen molar-refractivity contribution < 1.29 is 19.2 Å². The van der Waals surface area contributed by atoms with E-state index in [9.17, 15) is 14.9 Å². The first kappa shape index (κ1) is 19.9. The molecule has 0 heterocycles. The monoisotopic (exact) mass is 392 g/mol. The van der Waals surface area contributed by atoms with Crippen molar-refractivity contribution in [2.24, 2.45) is 0 Å². The van der Waals surface area contributed by atoms with Gasteiger partial charge >= 0.3 is 0 Å². The molecular weight excluding hydrogens is 372 g/mol. The Morgan fingerprint density at radius 1 is 1.00 bits per heavy atom. The normalized spacial score (nSPS) is 11.3. The summed E-state index contributed by atoms with van der Waals surface area (Å²) in [7, 11) is 0. The van der Waals surface area contributed by atoms with Gasteiger partial charge in [0.15, 0.2) is 6.10 Å². The number of carbonyl (C=O) groups is 1. The molecule has 1 unspecified atom stereocenters. The molecule has 148 valence electrons. The summed E-state index contributed by atoms with van der Waals surface area (Å²) in [5.74, 6) is 0.554. The summed E-state index contributed by atoms with van der Waals surface area (Å²) in [6, 6.07) is 22.4. The summed E-state index contributed by atoms with van der Waals surface area (Å²) in [5.41, 5.74) is 1.51. The first-order valence-corrected chi connectivity index (χ1v) is 9.00. The van der Waals surface area contributed by atoms with Gasteiger partial charge in [-0.3, -0.25) is 14.9 Å². The Bertz CT molecular complexity index is 974. The number of nitro benzene ring substituents is 1. The van der Waals surface area contributed by atoms with Gasteiger partial charge in [0.05, 0.1) is 10.6 Å². The fourth-order valence-electron chi connectivity index (χ4n) is 2.57. The molecule has 0 aromatic heterocycles. The van der Waals surface area contributed by atoms with Crippen LogP contribution in [0.15, 0.2) is 78.9 Å². The van der Waals surface area contributed by atoms with E-state index in [4.69, 9.17) is 9.47 Å². The van der Waals surface area contributed by atoms with Gasteiger partial charge in [-0.15, -0.1) is 0 Å². The maximum absolute atomic E-state index is 12.5. The number of amides is 1. The van der Waals surface area contributed by atoms with E-state index in [1.165, 1.54) is 24.3 Å². The van der Waals surface area contributed by atoms with E-state index in [0.29, 0.717) is 23.8 Å². The maximum atomic E-state index is 12.5. The molecule has 0 spiro atoms. The van der Waals surface area contributed by atoms with Crippen LogP contribution in [0.2, 0.25) is 0 Å². The highest BCUT2D eigenvalue weighted by Gasteiger charge is 2.17. The molecule has 0 radical (unpaired) electrons. The number of anilines is 1. The maximum Gasteiger partial charge on any atom is 0.269 e. The summed E-state index contributed by atoms with van der Waals surface area (Å²) in [6.07, 6.45) is -0.807. The predicted molar refractivity (Wildman–Crippen MR) is 109 cm³/mol. The van der Waals surface area contributed by atoms with Crippen molar-refractivity contribution in [3.63, 3.8) is 0 Å². The number of nitrogens with zero attached hydrogens (tertiary/aromatic N) is 1. The molecule has 0 aliphatic rings. The van der Waals surface area contributed by atoms with Crippen LogP contribution in [0.5, 0.6) is 11.5 Å². The molecule has 1 atom stereocenters. The number of hydrogen-bond acceptors (Lipinski definition) is 5. The molecule has 3 aromatic rings. The number of para-hydroxylation sites is 2. The first-order chi connectivity index (χ1) is 14.0. The van der Waals surface area contributed by atoms with E-state index in [1.54, 1.807) is 25.1 Å². The quantitative estimate of drug-likeness (QED) is 0.448. The van der Waals surface area contributed by atoms with Gasteiger partial charge in [0.2, 0.25) is 0 Å². The second-order valence-corrected chi connectivity index (χ2v) is 6.27. The number of nitrogens with one attached hydrogen (secondary N) is 1. The van der Waals surface area contributed by atoms with Crippen molar-refractivity contribution in [3.8, 4) is 11.5 Å². The minimum atomic E-state index is -0.807. The lowest BCUT2D eigenvalue weighted by Crippen LogP contribution is -2.30. The third-order valence-electron chi connectivity index (χ3n) is 4.11. The molecule has 0 fully saturated rings. The summed E-state index contributed by atoms with van der Waals surface area (Å²) < 4.78 is 11.4. The minimum Gasteiger partial charge on any atom is -0.487 e. The third kappa shape index (κ3) is 5.55. The summed E-state index contributed by atoms with van der Waals surface area (Å²) in [4.78, 5) is 22.7. The molecule has 3 aromatic carbocycles. The molecule has 3 rings (SSSR count). The Balaban J connectivity index is 1.61. The van der Waals surface area contributed by atoms with Crippen molar-refractivity contribution in [1.82, 2.24) is 0 Å². The van der Waals surface area contributed by atoms with Crippen LogP contribution in [0.4, 0.5) is 11.4 Å². The zero-order valence-corrected chi connectivity index (χ0v) is 15.8. The third-order valence-corrected chi connectivity index (χ3v) is 4.11. The number of hydrogen-bond donors (Lipinski definition) is 1. The molecule has 0 aliphatic carbocycles. The van der Waals surface area contributed by atoms with Gasteiger partial charge < -0.3 is 14.8 Å². The van der Waals surface area contributed by atoms with Crippen LogP contribution in [-0.2, 0) is 11.4 Å². The number of carbonyl (C=O) groups excluding carboxylic acids is 1. The number of non-ortho nitro benzene ring substituents is 1. The van der Waals surface area contributed by atoms with Gasteiger partial charge in [0.25, 0.3) is 11.6 Å². The number of ether oxygens (including phenoxy) is 2. The molecule has 7 nitrogen and oxygen atoms in total. The highest BCUT2D eigenvalue weighted by Crippen LogP contribution is 2.25. The second kappa shape index (κ2) is 9.36. The SMILES string of the molecule is CC(Oc1ccc([N+](=O)[O-])cc1)C(=O)Nc1ccccc1OCc1ccccc1. The molecule has 0 aliphatic heterocycles. The Morgan fingerprint density at radius 2 is 1.66 bits per heavy atom. The average Bonchev–Trinajstić information content (AvgIpc) is 2.74. The zero-order chi connectivity index (χ0) is 20.6. The first-order valence-electron chi connectivity index (χ1n) is 9.00. The molecule has 0 bridgehead atoms. The number of nitro groups is 1. The Hall–Kier alpha value is -3.87. The van der Waals surface area contributed by atoms with Crippen LogP contribution in [0.3, 0.4) is 0 Å². The lowest BCUT2D eigenvalue weighted by molar-refractivity contribution is -0.384. The van der Waals surface area contributed by atoms with Gasteiger partial charge in [0.1, 0.15) is 18.1 Å². The largest absolute Gasteiger partial charge is 0.487 e. The van der Waals surface area contributed by atoms with Crippen LogP contribution in [0.1, 0.15) is 12.5 Å². The van der Waals surface area contributed by atoms with Crippen molar-refractivity contribution in [2.45, 2.75) is 19.6 Å². The van der Waals surface area contributed by atoms with Crippen molar-refractivity contribution in [2.75, 3.05) is 5.32 Å². The fourth-order valence-corrected chi connectivity index (χ4v) is 2.57. The zero-order valence-electron chi connectivity index (χ0n) is 15.8. The van der Waals surface area contributed by atoms with Crippen molar-refractivity contribution in [1.29, 1.82) is 0 Å². The lowest BCUT2D eigenvalue weighted by Gasteiger charge is -2.17. The molecular formula is C22H20N2O5. The highest BCUT2D eigenvalue weighted by atomic mass is 16.6. The summed E-state index contributed by atoms with van der Waals surface area (Å²) in [5, 5.41) is 13.5. The molecule has 29 heavy (non-hydrogen) atoms. The lowest BCUT2D eigenvalue weighted by atomic mass is 10.2. The predicted octanol–water partition coefficient (Wildman–Crippen LogP) is 4.58. The second-order valence-electron chi connectivity index (χ2n) is 6.27. The average molecular weight is 392 g/mol. The molecule has 0 saturated heterocycles. The number of benzene rings is 3. The van der Waals surface area contributed by atoms with Crippen LogP contribution in [0.25, 0.3) is 0 Å². The molecule has 7 heteroatoms. The Morgan fingerprint density at radius 3 is 2.34 bits per heavy atom. The van der Waals surface area contributed by atoms with Crippen molar-refractivity contribution in [3.05, 3.63) is 94.5 Å². The standard InChI is InChI=1S/C22H20N2O5/c1-16(29-19-13-11-18(12-14-19)24(26)27)22(25)23-20-9-5-6-10-21(20)28-15-17-7-3-2-4-8-17/h2-14,16H,15H2,1H3,(H,23,25). The van der Waals surface area contributed by atoms with E-state index in [-0.39, 0.29) is 11.6 Å². The summed E-state index contributed by atoms with van der Waals surface area (Å²) >= 11 is 0. The van der Waals surface area contributed by atoms with E-state index in [1.807, 2.05) is 36.4 Å². The molecule has 1 amide bonds. The van der Waals surface area contributed by atoms with Gasteiger partial charge in [-0.1, -0.05) is 42.5 Å². The Kier molecular flexibility index (Phi) is 6.42. The fraction of sp³-hybridized carbons (Fsp3) is 0.136. The minimum absolute atomic E-state index is 0.0426. The number of rotatable bonds is 8. The smallest absolute Gasteiger partial charge is 0.269 e. The van der Waals surface area contributed by atoms with Gasteiger partial charge in [-0.25, -0.2) is 0 Å². The van der Waals surface area contributed by atoms with Gasteiger partial charge in [-0.05, 0) is 36.8 Å². The van der Waals surface area contributed by atoms with E-state index in [2.05, 4.69) is 5.32 Å². The van der Waals surface area contributed by atoms with Gasteiger partial charge in [-0.2, -0.15) is 0 Å². The van der Waals surface area contributed by atoms with Gasteiger partial charge in [0, 0.05) is 12.1 Å². The van der Waals surface area contributed by atoms with E-state index < -0.39 is 11.0 Å². The van der Waals surface area contributed by atoms with Crippen LogP contribution >= 0.6 is 0 Å². The molecule has 0 saturated carbocycles. The van der Waals surface area contributed by atoms with E-state index in [0.717, 1.165) is 5.56 Å². The van der Waals surface area contributed by atoms with E-state index >= 15 is 0 Å². The Labute approximate surface area is 168 Å². The van der Waals surface area contributed by atoms with Crippen LogP contribution in [-0.4, -0.2) is 16.9 Å². The topological polar surface area (TPSA) is 90.7 Å². The van der Waals surface area contributed by atoms with Crippen LogP contribution < -0.4 is 14.8 Å². The van der Waals surface area contributed by atoms with Crippen LogP contribution in [0, 0.1) is 10.1 Å². The van der Waals surface area contributed by atoms with Crippen molar-refractivity contribution >= 4 is 17.3 Å².